The van der Waals surface area contributed by atoms with E-state index in [0.717, 1.165) is 0 Å². The van der Waals surface area contributed by atoms with Crippen LogP contribution in [-0.2, 0) is 4.79 Å². The van der Waals surface area contributed by atoms with E-state index in [1.165, 1.54) is 0 Å². The van der Waals surface area contributed by atoms with Gasteiger partial charge >= 0.3 is 12.0 Å². The van der Waals surface area contributed by atoms with E-state index in [2.05, 4.69) is 10.6 Å². The Bertz CT molecular complexity index is 217. The second kappa shape index (κ2) is 7.09. The van der Waals surface area contributed by atoms with Gasteiger partial charge in [-0.05, 0) is 33.6 Å². The SMILES string of the molecule is CC(C)NC(=O)NC(C)CCCC(=O)O. The molecule has 0 saturated heterocycles. The van der Waals surface area contributed by atoms with Crippen molar-refractivity contribution in [3.8, 4) is 0 Å². The summed E-state index contributed by atoms with van der Waals surface area (Å²) < 4.78 is 0. The van der Waals surface area contributed by atoms with Gasteiger partial charge in [0.25, 0.3) is 0 Å². The molecule has 0 radical (unpaired) electrons. The molecule has 0 aromatic rings. The molecule has 0 aliphatic carbocycles. The number of nitrogens with one attached hydrogen (secondary N) is 2. The first-order valence-electron chi connectivity index (χ1n) is 5.20. The molecule has 0 heterocycles. The molecule has 5 heteroatoms. The number of amides is 2. The second-order valence-electron chi connectivity index (χ2n) is 3.96. The summed E-state index contributed by atoms with van der Waals surface area (Å²) in [5.74, 6) is -0.797. The number of hydrogen-bond donors (Lipinski definition) is 3. The standard InChI is InChI=1S/C10H20N2O3/c1-7(2)11-10(15)12-8(3)5-4-6-9(13)14/h7-8H,4-6H2,1-3H3,(H,13,14)(H2,11,12,15). The Labute approximate surface area is 90.2 Å². The van der Waals surface area contributed by atoms with E-state index >= 15 is 0 Å². The van der Waals surface area contributed by atoms with Gasteiger partial charge in [0.2, 0.25) is 0 Å². The molecular formula is C10H20N2O3. The lowest BCUT2D eigenvalue weighted by Gasteiger charge is -2.15. The molecule has 15 heavy (non-hydrogen) atoms. The lowest BCUT2D eigenvalue weighted by atomic mass is 10.1. The summed E-state index contributed by atoms with van der Waals surface area (Å²) in [6, 6.07) is -0.0906. The topological polar surface area (TPSA) is 78.4 Å². The quantitative estimate of drug-likeness (QED) is 0.627. The predicted molar refractivity (Wildman–Crippen MR) is 57.8 cm³/mol. The van der Waals surface area contributed by atoms with Crippen LogP contribution >= 0.6 is 0 Å². The van der Waals surface area contributed by atoms with E-state index in [0.29, 0.717) is 12.8 Å². The Balaban J connectivity index is 3.59. The fourth-order valence-corrected chi connectivity index (χ4v) is 1.16. The van der Waals surface area contributed by atoms with Crippen molar-refractivity contribution >= 4 is 12.0 Å². The average molecular weight is 216 g/mol. The molecule has 0 aliphatic heterocycles. The van der Waals surface area contributed by atoms with Crippen LogP contribution in [0, 0.1) is 0 Å². The number of carboxylic acid groups (broad SMARTS) is 1. The number of aliphatic carboxylic acids is 1. The van der Waals surface area contributed by atoms with Crippen LogP contribution in [0.2, 0.25) is 0 Å². The van der Waals surface area contributed by atoms with E-state index in [1.54, 1.807) is 0 Å². The van der Waals surface area contributed by atoms with Gasteiger partial charge in [-0.15, -0.1) is 0 Å². The van der Waals surface area contributed by atoms with Gasteiger partial charge in [0.1, 0.15) is 0 Å². The number of hydrogen-bond acceptors (Lipinski definition) is 2. The Morgan fingerprint density at radius 2 is 1.80 bits per heavy atom. The fourth-order valence-electron chi connectivity index (χ4n) is 1.16. The van der Waals surface area contributed by atoms with Gasteiger partial charge in [-0.1, -0.05) is 0 Å². The Hall–Kier alpha value is -1.26. The third kappa shape index (κ3) is 9.05. The summed E-state index contributed by atoms with van der Waals surface area (Å²) in [5.41, 5.74) is 0. The molecule has 1 atom stereocenters. The maximum Gasteiger partial charge on any atom is 0.315 e. The van der Waals surface area contributed by atoms with Crippen LogP contribution in [0.5, 0.6) is 0 Å². The van der Waals surface area contributed by atoms with Crippen LogP contribution in [-0.4, -0.2) is 29.2 Å². The van der Waals surface area contributed by atoms with E-state index in [1.807, 2.05) is 20.8 Å². The lowest BCUT2D eigenvalue weighted by Crippen LogP contribution is -2.43. The van der Waals surface area contributed by atoms with Crippen molar-refractivity contribution in [1.29, 1.82) is 0 Å². The van der Waals surface area contributed by atoms with Crippen LogP contribution < -0.4 is 10.6 Å². The molecule has 0 aliphatic rings. The zero-order chi connectivity index (χ0) is 11.8. The average Bonchev–Trinajstić information content (AvgIpc) is 2.00. The Kier molecular flexibility index (Phi) is 6.49. The lowest BCUT2D eigenvalue weighted by molar-refractivity contribution is -0.137. The molecule has 0 saturated carbocycles. The van der Waals surface area contributed by atoms with Crippen molar-refractivity contribution in [3.05, 3.63) is 0 Å². The second-order valence-corrected chi connectivity index (χ2v) is 3.96. The molecule has 0 aromatic heterocycles. The maximum absolute atomic E-state index is 11.2. The van der Waals surface area contributed by atoms with E-state index in [9.17, 15) is 9.59 Å². The van der Waals surface area contributed by atoms with Crippen LogP contribution in [0.1, 0.15) is 40.0 Å². The van der Waals surface area contributed by atoms with E-state index in [-0.39, 0.29) is 24.5 Å². The van der Waals surface area contributed by atoms with Crippen molar-refractivity contribution in [2.45, 2.75) is 52.1 Å². The van der Waals surface area contributed by atoms with Crippen molar-refractivity contribution in [2.75, 3.05) is 0 Å². The molecule has 0 fully saturated rings. The smallest absolute Gasteiger partial charge is 0.315 e. The van der Waals surface area contributed by atoms with Gasteiger partial charge < -0.3 is 15.7 Å². The monoisotopic (exact) mass is 216 g/mol. The summed E-state index contributed by atoms with van der Waals surface area (Å²) in [6.07, 6.45) is 1.41. The van der Waals surface area contributed by atoms with Gasteiger partial charge in [0.15, 0.2) is 0 Å². The van der Waals surface area contributed by atoms with Crippen molar-refractivity contribution < 1.29 is 14.7 Å². The minimum atomic E-state index is -0.797. The minimum Gasteiger partial charge on any atom is -0.481 e. The largest absolute Gasteiger partial charge is 0.481 e. The van der Waals surface area contributed by atoms with Gasteiger partial charge in [0, 0.05) is 18.5 Å². The minimum absolute atomic E-state index is 0.00287. The Morgan fingerprint density at radius 3 is 2.27 bits per heavy atom. The molecule has 1 unspecified atom stereocenters. The van der Waals surface area contributed by atoms with Crippen molar-refractivity contribution in [2.24, 2.45) is 0 Å². The first-order chi connectivity index (χ1) is 6.91. The highest BCUT2D eigenvalue weighted by molar-refractivity contribution is 5.74. The molecular weight excluding hydrogens is 196 g/mol. The number of carbonyl (C=O) groups is 2. The highest BCUT2D eigenvalue weighted by atomic mass is 16.4. The number of rotatable bonds is 6. The summed E-state index contributed by atoms with van der Waals surface area (Å²) in [5, 5.41) is 13.9. The van der Waals surface area contributed by atoms with Gasteiger partial charge in [-0.3, -0.25) is 4.79 Å². The highest BCUT2D eigenvalue weighted by Gasteiger charge is 2.08. The molecule has 0 bridgehead atoms. The Morgan fingerprint density at radius 1 is 1.20 bits per heavy atom. The molecule has 5 nitrogen and oxygen atoms in total. The molecule has 88 valence electrons. The normalized spacial score (nSPS) is 12.3. The molecule has 0 aromatic carbocycles. The highest BCUT2D eigenvalue weighted by Crippen LogP contribution is 2.00. The van der Waals surface area contributed by atoms with Crippen LogP contribution in [0.4, 0.5) is 4.79 Å². The third-order valence-electron chi connectivity index (χ3n) is 1.83. The molecule has 0 rings (SSSR count). The van der Waals surface area contributed by atoms with Crippen LogP contribution in [0.15, 0.2) is 0 Å². The molecule has 0 spiro atoms. The zero-order valence-corrected chi connectivity index (χ0v) is 9.54. The van der Waals surface area contributed by atoms with E-state index in [4.69, 9.17) is 5.11 Å². The predicted octanol–water partition coefficient (Wildman–Crippen LogP) is 1.34. The maximum atomic E-state index is 11.2. The summed E-state index contributed by atoms with van der Waals surface area (Å²) in [4.78, 5) is 21.5. The summed E-state index contributed by atoms with van der Waals surface area (Å²) in [7, 11) is 0. The number of carboxylic acids is 1. The van der Waals surface area contributed by atoms with Gasteiger partial charge in [0.05, 0.1) is 0 Å². The fraction of sp³-hybridized carbons (Fsp3) is 0.800. The van der Waals surface area contributed by atoms with Crippen LogP contribution in [0.3, 0.4) is 0 Å². The van der Waals surface area contributed by atoms with Crippen molar-refractivity contribution in [3.63, 3.8) is 0 Å². The van der Waals surface area contributed by atoms with Crippen LogP contribution in [0.25, 0.3) is 0 Å². The third-order valence-corrected chi connectivity index (χ3v) is 1.83. The summed E-state index contributed by atoms with van der Waals surface area (Å²) in [6.45, 7) is 5.63. The zero-order valence-electron chi connectivity index (χ0n) is 9.54. The van der Waals surface area contributed by atoms with E-state index < -0.39 is 5.97 Å². The van der Waals surface area contributed by atoms with Gasteiger partial charge in [-0.25, -0.2) is 4.79 Å². The number of carbonyl (C=O) groups excluding carboxylic acids is 1. The first-order valence-corrected chi connectivity index (χ1v) is 5.20. The number of urea groups is 1. The summed E-state index contributed by atoms with van der Waals surface area (Å²) >= 11 is 0. The molecule has 2 amide bonds. The van der Waals surface area contributed by atoms with Gasteiger partial charge in [-0.2, -0.15) is 0 Å². The first kappa shape index (κ1) is 13.7. The van der Waals surface area contributed by atoms with Crippen molar-refractivity contribution in [1.82, 2.24) is 10.6 Å². The molecule has 3 N–H and O–H groups in total.